The van der Waals surface area contributed by atoms with Crippen molar-refractivity contribution in [3.05, 3.63) is 54.6 Å². The van der Waals surface area contributed by atoms with Gasteiger partial charge in [-0.2, -0.15) is 0 Å². The molecule has 3 rings (SSSR count). The van der Waals surface area contributed by atoms with Gasteiger partial charge >= 0.3 is 0 Å². The summed E-state index contributed by atoms with van der Waals surface area (Å²) in [6, 6.07) is 12.5. The van der Waals surface area contributed by atoms with Crippen molar-refractivity contribution in [3.63, 3.8) is 0 Å². The van der Waals surface area contributed by atoms with Crippen molar-refractivity contribution in [2.45, 2.75) is 20.0 Å². The molecule has 0 spiro atoms. The zero-order valence-corrected chi connectivity index (χ0v) is 12.3. The standard InChI is InChI=1S/C16H19N5/c1-3-21-10-4-5-15(21)11-17-14-8-6-13(7-9-14)16-19-18-12-20(16)2/h4-10,12,17H,3,11H2,1-2H3. The SMILES string of the molecule is CCn1cccc1CNc1ccc(-c2nncn2C)cc1. The molecular formula is C16H19N5. The van der Waals surface area contributed by atoms with Crippen LogP contribution in [0.1, 0.15) is 12.6 Å². The highest BCUT2D eigenvalue weighted by molar-refractivity contribution is 5.59. The topological polar surface area (TPSA) is 47.7 Å². The minimum absolute atomic E-state index is 0.824. The van der Waals surface area contributed by atoms with Gasteiger partial charge in [-0.1, -0.05) is 0 Å². The van der Waals surface area contributed by atoms with Crippen LogP contribution in [0.15, 0.2) is 48.9 Å². The van der Waals surface area contributed by atoms with E-state index in [-0.39, 0.29) is 0 Å². The molecule has 108 valence electrons. The molecule has 0 aliphatic heterocycles. The number of hydrogen-bond acceptors (Lipinski definition) is 3. The maximum absolute atomic E-state index is 4.11. The van der Waals surface area contributed by atoms with Crippen molar-refractivity contribution in [1.82, 2.24) is 19.3 Å². The number of nitrogens with zero attached hydrogens (tertiary/aromatic N) is 4. The number of hydrogen-bond donors (Lipinski definition) is 1. The van der Waals surface area contributed by atoms with Crippen LogP contribution in [0.5, 0.6) is 0 Å². The van der Waals surface area contributed by atoms with Gasteiger partial charge in [0.05, 0.1) is 6.54 Å². The fourth-order valence-corrected chi connectivity index (χ4v) is 2.39. The first kappa shape index (κ1) is 13.4. The quantitative estimate of drug-likeness (QED) is 0.782. The molecule has 0 bridgehead atoms. The van der Waals surface area contributed by atoms with Crippen molar-refractivity contribution in [2.24, 2.45) is 7.05 Å². The van der Waals surface area contributed by atoms with E-state index in [1.807, 2.05) is 11.6 Å². The third-order valence-electron chi connectivity index (χ3n) is 3.59. The van der Waals surface area contributed by atoms with Gasteiger partial charge in [-0.05, 0) is 43.3 Å². The smallest absolute Gasteiger partial charge is 0.163 e. The van der Waals surface area contributed by atoms with Gasteiger partial charge in [-0.3, -0.25) is 0 Å². The molecule has 2 heterocycles. The molecule has 0 unspecified atom stereocenters. The molecule has 0 radical (unpaired) electrons. The highest BCUT2D eigenvalue weighted by Crippen LogP contribution is 2.19. The van der Waals surface area contributed by atoms with Crippen molar-refractivity contribution in [2.75, 3.05) is 5.32 Å². The van der Waals surface area contributed by atoms with Gasteiger partial charge in [0.1, 0.15) is 6.33 Å². The lowest BCUT2D eigenvalue weighted by Gasteiger charge is -2.10. The highest BCUT2D eigenvalue weighted by atomic mass is 15.2. The Bertz CT molecular complexity index is 708. The van der Waals surface area contributed by atoms with E-state index in [4.69, 9.17) is 0 Å². The Morgan fingerprint density at radius 3 is 2.62 bits per heavy atom. The summed E-state index contributed by atoms with van der Waals surface area (Å²) in [6.07, 6.45) is 3.81. The minimum atomic E-state index is 0.824. The summed E-state index contributed by atoms with van der Waals surface area (Å²) in [5.74, 6) is 0.876. The molecule has 0 saturated heterocycles. The van der Waals surface area contributed by atoms with Gasteiger partial charge in [0.2, 0.25) is 0 Å². The summed E-state index contributed by atoms with van der Waals surface area (Å²) in [7, 11) is 1.94. The van der Waals surface area contributed by atoms with E-state index in [1.54, 1.807) is 6.33 Å². The van der Waals surface area contributed by atoms with Crippen LogP contribution in [0, 0.1) is 0 Å². The maximum Gasteiger partial charge on any atom is 0.163 e. The number of anilines is 1. The Kier molecular flexibility index (Phi) is 3.73. The van der Waals surface area contributed by atoms with Gasteiger partial charge in [0.15, 0.2) is 5.82 Å². The molecule has 0 amide bonds. The Hall–Kier alpha value is -2.56. The molecule has 0 aliphatic rings. The number of nitrogens with one attached hydrogen (secondary N) is 1. The average molecular weight is 281 g/mol. The van der Waals surface area contributed by atoms with E-state index < -0.39 is 0 Å². The van der Waals surface area contributed by atoms with Gasteiger partial charge < -0.3 is 14.5 Å². The zero-order valence-electron chi connectivity index (χ0n) is 12.3. The first-order valence-electron chi connectivity index (χ1n) is 7.10. The normalized spacial score (nSPS) is 10.8. The molecule has 0 saturated carbocycles. The first-order valence-corrected chi connectivity index (χ1v) is 7.10. The zero-order chi connectivity index (χ0) is 14.7. The predicted molar refractivity (Wildman–Crippen MR) is 83.9 cm³/mol. The monoisotopic (exact) mass is 281 g/mol. The molecule has 1 aromatic carbocycles. The Balaban J connectivity index is 1.69. The van der Waals surface area contributed by atoms with E-state index in [9.17, 15) is 0 Å². The van der Waals surface area contributed by atoms with Crippen LogP contribution in [-0.4, -0.2) is 19.3 Å². The van der Waals surface area contributed by atoms with Gasteiger partial charge in [-0.25, -0.2) is 0 Å². The lowest BCUT2D eigenvalue weighted by Crippen LogP contribution is -2.05. The number of rotatable bonds is 5. The number of benzene rings is 1. The van der Waals surface area contributed by atoms with Crippen LogP contribution in [0.3, 0.4) is 0 Å². The fourth-order valence-electron chi connectivity index (χ4n) is 2.39. The predicted octanol–water partition coefficient (Wildman–Crippen LogP) is 2.92. The summed E-state index contributed by atoms with van der Waals surface area (Å²) < 4.78 is 4.15. The van der Waals surface area contributed by atoms with Gasteiger partial charge in [-0.15, -0.1) is 10.2 Å². The lowest BCUT2D eigenvalue weighted by atomic mass is 10.2. The Labute approximate surface area is 124 Å². The van der Waals surface area contributed by atoms with Crippen LogP contribution in [-0.2, 0) is 20.1 Å². The van der Waals surface area contributed by atoms with Crippen LogP contribution in [0.4, 0.5) is 5.69 Å². The van der Waals surface area contributed by atoms with Gasteiger partial charge in [0.25, 0.3) is 0 Å². The molecule has 0 fully saturated rings. The summed E-state index contributed by atoms with van der Waals surface area (Å²) in [6.45, 7) is 3.97. The Morgan fingerprint density at radius 1 is 1.14 bits per heavy atom. The lowest BCUT2D eigenvalue weighted by molar-refractivity contribution is 0.724. The number of aryl methyl sites for hydroxylation is 2. The molecule has 5 heteroatoms. The van der Waals surface area contributed by atoms with Crippen molar-refractivity contribution >= 4 is 5.69 Å². The molecule has 3 aromatic rings. The molecule has 2 aromatic heterocycles. The van der Waals surface area contributed by atoms with Gasteiger partial charge in [0, 0.05) is 36.7 Å². The van der Waals surface area contributed by atoms with Crippen LogP contribution < -0.4 is 5.32 Å². The summed E-state index contributed by atoms with van der Waals surface area (Å²) in [5.41, 5.74) is 3.46. The second-order valence-electron chi connectivity index (χ2n) is 4.98. The van der Waals surface area contributed by atoms with Crippen LogP contribution >= 0.6 is 0 Å². The van der Waals surface area contributed by atoms with Crippen molar-refractivity contribution < 1.29 is 0 Å². The second kappa shape index (κ2) is 5.83. The first-order chi connectivity index (χ1) is 10.3. The van der Waals surface area contributed by atoms with E-state index >= 15 is 0 Å². The third-order valence-corrected chi connectivity index (χ3v) is 3.59. The summed E-state index contributed by atoms with van der Waals surface area (Å²) in [4.78, 5) is 0. The molecule has 0 aliphatic carbocycles. The minimum Gasteiger partial charge on any atom is -0.379 e. The van der Waals surface area contributed by atoms with E-state index in [1.165, 1.54) is 5.69 Å². The van der Waals surface area contributed by atoms with Crippen LogP contribution in [0.25, 0.3) is 11.4 Å². The molecule has 0 atom stereocenters. The molecule has 1 N–H and O–H groups in total. The van der Waals surface area contributed by atoms with E-state index in [0.717, 1.165) is 30.2 Å². The van der Waals surface area contributed by atoms with Crippen molar-refractivity contribution in [3.8, 4) is 11.4 Å². The third kappa shape index (κ3) is 2.81. The fraction of sp³-hybridized carbons (Fsp3) is 0.250. The Morgan fingerprint density at radius 2 is 1.95 bits per heavy atom. The number of aromatic nitrogens is 4. The van der Waals surface area contributed by atoms with Crippen LogP contribution in [0.2, 0.25) is 0 Å². The highest BCUT2D eigenvalue weighted by Gasteiger charge is 2.04. The maximum atomic E-state index is 4.11. The molecule has 5 nitrogen and oxygen atoms in total. The second-order valence-corrected chi connectivity index (χ2v) is 4.98. The van der Waals surface area contributed by atoms with Crippen molar-refractivity contribution in [1.29, 1.82) is 0 Å². The largest absolute Gasteiger partial charge is 0.379 e. The van der Waals surface area contributed by atoms with E-state index in [2.05, 4.69) is 69.6 Å². The average Bonchev–Trinajstić information content (AvgIpc) is 3.14. The van der Waals surface area contributed by atoms with E-state index in [0.29, 0.717) is 0 Å². The summed E-state index contributed by atoms with van der Waals surface area (Å²) >= 11 is 0. The molecule has 21 heavy (non-hydrogen) atoms. The summed E-state index contributed by atoms with van der Waals surface area (Å²) in [5, 5.41) is 11.5. The molecular weight excluding hydrogens is 262 g/mol.